The van der Waals surface area contributed by atoms with Crippen molar-refractivity contribution in [3.05, 3.63) is 32.5 Å². The first-order valence-corrected chi connectivity index (χ1v) is 4.96. The van der Waals surface area contributed by atoms with Gasteiger partial charge in [-0.15, -0.1) is 11.6 Å². The van der Waals surface area contributed by atoms with Gasteiger partial charge in [-0.3, -0.25) is 0 Å². The third-order valence-electron chi connectivity index (χ3n) is 1.21. The maximum Gasteiger partial charge on any atom is 0.124 e. The van der Waals surface area contributed by atoms with Crippen LogP contribution in [0.3, 0.4) is 0 Å². The molecular formula is C7H4Br2ClF. The summed E-state index contributed by atoms with van der Waals surface area (Å²) in [6.45, 7) is 0. The van der Waals surface area contributed by atoms with E-state index in [0.29, 0.717) is 10.4 Å². The molecule has 0 nitrogen and oxygen atoms in total. The Morgan fingerprint density at radius 2 is 2.00 bits per heavy atom. The monoisotopic (exact) mass is 300 g/mol. The molecule has 0 unspecified atom stereocenters. The highest BCUT2D eigenvalue weighted by molar-refractivity contribution is 9.13. The molecule has 0 amide bonds. The fraction of sp³-hybridized carbons (Fsp3) is 0.143. The van der Waals surface area contributed by atoms with Crippen molar-refractivity contribution in [3.8, 4) is 0 Å². The zero-order valence-corrected chi connectivity index (χ0v) is 9.30. The summed E-state index contributed by atoms with van der Waals surface area (Å²) in [4.78, 5) is 0. The van der Waals surface area contributed by atoms with Gasteiger partial charge in [-0.1, -0.05) is 0 Å². The number of halogens is 4. The molecule has 0 N–H and O–H groups in total. The smallest absolute Gasteiger partial charge is 0.124 e. The van der Waals surface area contributed by atoms with Crippen LogP contribution in [0.2, 0.25) is 0 Å². The molecule has 0 bridgehead atoms. The Morgan fingerprint density at radius 1 is 1.36 bits per heavy atom. The number of hydrogen-bond donors (Lipinski definition) is 0. The fourth-order valence-electron chi connectivity index (χ4n) is 0.707. The molecule has 0 aliphatic rings. The lowest BCUT2D eigenvalue weighted by molar-refractivity contribution is 0.625. The van der Waals surface area contributed by atoms with Gasteiger partial charge in [-0.2, -0.15) is 0 Å². The van der Waals surface area contributed by atoms with Crippen molar-refractivity contribution in [3.63, 3.8) is 0 Å². The lowest BCUT2D eigenvalue weighted by Gasteiger charge is -2.01. The molecule has 0 aromatic heterocycles. The van der Waals surface area contributed by atoms with Gasteiger partial charge in [-0.25, -0.2) is 4.39 Å². The normalized spacial score (nSPS) is 10.2. The Morgan fingerprint density at radius 3 is 2.55 bits per heavy atom. The molecule has 0 radical (unpaired) electrons. The summed E-state index contributed by atoms with van der Waals surface area (Å²) in [5.41, 5.74) is 0.749. The number of rotatable bonds is 1. The Labute approximate surface area is 86.0 Å². The highest BCUT2D eigenvalue weighted by Crippen LogP contribution is 2.28. The average molecular weight is 302 g/mol. The Bertz CT molecular complexity index is 275. The molecule has 1 rings (SSSR count). The number of alkyl halides is 1. The van der Waals surface area contributed by atoms with Crippen molar-refractivity contribution in [2.75, 3.05) is 0 Å². The van der Waals surface area contributed by atoms with Crippen LogP contribution in [0.25, 0.3) is 0 Å². The topological polar surface area (TPSA) is 0 Å². The lowest BCUT2D eigenvalue weighted by Crippen LogP contribution is -1.84. The van der Waals surface area contributed by atoms with Gasteiger partial charge < -0.3 is 0 Å². The highest BCUT2D eigenvalue weighted by Gasteiger charge is 2.04. The molecule has 0 saturated carbocycles. The van der Waals surface area contributed by atoms with Crippen molar-refractivity contribution in [1.82, 2.24) is 0 Å². The number of benzene rings is 1. The average Bonchev–Trinajstić information content (AvgIpc) is 1.96. The minimum Gasteiger partial charge on any atom is -0.207 e. The standard InChI is InChI=1S/C7H4Br2ClF/c8-6-2-5(11)1-4(3-10)7(6)9/h1-2H,3H2. The van der Waals surface area contributed by atoms with Crippen molar-refractivity contribution >= 4 is 43.5 Å². The van der Waals surface area contributed by atoms with Gasteiger partial charge in [0.15, 0.2) is 0 Å². The van der Waals surface area contributed by atoms with Crippen molar-refractivity contribution in [2.45, 2.75) is 5.88 Å². The highest BCUT2D eigenvalue weighted by atomic mass is 79.9. The van der Waals surface area contributed by atoms with E-state index in [0.717, 1.165) is 10.0 Å². The first kappa shape index (κ1) is 9.49. The molecular weight excluding hydrogens is 298 g/mol. The maximum atomic E-state index is 12.7. The van der Waals surface area contributed by atoms with E-state index in [4.69, 9.17) is 11.6 Å². The lowest BCUT2D eigenvalue weighted by atomic mass is 10.2. The zero-order chi connectivity index (χ0) is 8.43. The summed E-state index contributed by atoms with van der Waals surface area (Å²) in [5.74, 6) is 0.0208. The molecule has 0 atom stereocenters. The van der Waals surface area contributed by atoms with Crippen LogP contribution in [0.15, 0.2) is 21.1 Å². The van der Waals surface area contributed by atoms with Gasteiger partial charge in [0.25, 0.3) is 0 Å². The molecule has 0 spiro atoms. The summed E-state index contributed by atoms with van der Waals surface area (Å²) in [6, 6.07) is 2.79. The van der Waals surface area contributed by atoms with Crippen molar-refractivity contribution in [2.24, 2.45) is 0 Å². The molecule has 0 fully saturated rings. The van der Waals surface area contributed by atoms with Crippen LogP contribution >= 0.6 is 43.5 Å². The summed E-state index contributed by atoms with van der Waals surface area (Å²) >= 11 is 12.0. The molecule has 1 aromatic rings. The third-order valence-corrected chi connectivity index (χ3v) is 3.59. The van der Waals surface area contributed by atoms with Crippen LogP contribution in [0.5, 0.6) is 0 Å². The molecule has 0 aliphatic carbocycles. The summed E-state index contributed by atoms with van der Waals surface area (Å²) in [6.07, 6.45) is 0. The minimum absolute atomic E-state index is 0.282. The molecule has 0 saturated heterocycles. The Kier molecular flexibility index (Phi) is 3.34. The summed E-state index contributed by atoms with van der Waals surface area (Å²) in [5, 5.41) is 0. The molecule has 1 aromatic carbocycles. The van der Waals surface area contributed by atoms with Gasteiger partial charge in [0.1, 0.15) is 5.82 Å². The van der Waals surface area contributed by atoms with Crippen LogP contribution in [-0.4, -0.2) is 0 Å². The van der Waals surface area contributed by atoms with Crippen molar-refractivity contribution in [1.29, 1.82) is 0 Å². The molecule has 0 aliphatic heterocycles. The predicted octanol–water partition coefficient (Wildman–Crippen LogP) is 4.09. The number of hydrogen-bond acceptors (Lipinski definition) is 0. The molecule has 11 heavy (non-hydrogen) atoms. The second-order valence-corrected chi connectivity index (χ2v) is 3.91. The second kappa shape index (κ2) is 3.87. The van der Waals surface area contributed by atoms with Gasteiger partial charge in [0.05, 0.1) is 0 Å². The van der Waals surface area contributed by atoms with Crippen LogP contribution in [-0.2, 0) is 5.88 Å². The van der Waals surface area contributed by atoms with E-state index in [1.165, 1.54) is 12.1 Å². The molecule has 4 heteroatoms. The predicted molar refractivity (Wildman–Crippen MR) is 51.4 cm³/mol. The van der Waals surface area contributed by atoms with Crippen LogP contribution in [0, 0.1) is 5.82 Å². The van der Waals surface area contributed by atoms with Gasteiger partial charge in [-0.05, 0) is 49.6 Å². The van der Waals surface area contributed by atoms with E-state index in [2.05, 4.69) is 31.9 Å². The first-order valence-electron chi connectivity index (χ1n) is 2.84. The zero-order valence-electron chi connectivity index (χ0n) is 5.37. The Hall–Kier alpha value is 0.400. The molecule has 0 heterocycles. The van der Waals surface area contributed by atoms with Crippen LogP contribution in [0.1, 0.15) is 5.56 Å². The van der Waals surface area contributed by atoms with Crippen molar-refractivity contribution < 1.29 is 4.39 Å². The summed E-state index contributed by atoms with van der Waals surface area (Å²) < 4.78 is 14.2. The van der Waals surface area contributed by atoms with Gasteiger partial charge >= 0.3 is 0 Å². The van der Waals surface area contributed by atoms with E-state index in [-0.39, 0.29) is 5.82 Å². The first-order chi connectivity index (χ1) is 5.15. The van der Waals surface area contributed by atoms with E-state index >= 15 is 0 Å². The fourth-order valence-corrected chi connectivity index (χ4v) is 1.92. The Balaban J connectivity index is 3.24. The van der Waals surface area contributed by atoms with E-state index < -0.39 is 0 Å². The second-order valence-electron chi connectivity index (χ2n) is 1.99. The van der Waals surface area contributed by atoms with Crippen LogP contribution < -0.4 is 0 Å². The largest absolute Gasteiger partial charge is 0.207 e. The summed E-state index contributed by atoms with van der Waals surface area (Å²) in [7, 11) is 0. The minimum atomic E-state index is -0.282. The van der Waals surface area contributed by atoms with E-state index in [9.17, 15) is 4.39 Å². The SMILES string of the molecule is Fc1cc(Br)c(Br)c(CCl)c1. The van der Waals surface area contributed by atoms with E-state index in [1.807, 2.05) is 0 Å². The molecule has 60 valence electrons. The van der Waals surface area contributed by atoms with Gasteiger partial charge in [0.2, 0.25) is 0 Å². The quantitative estimate of drug-likeness (QED) is 0.541. The van der Waals surface area contributed by atoms with Crippen LogP contribution in [0.4, 0.5) is 4.39 Å². The third kappa shape index (κ3) is 2.17. The van der Waals surface area contributed by atoms with Gasteiger partial charge in [0, 0.05) is 14.8 Å². The maximum absolute atomic E-state index is 12.7. The van der Waals surface area contributed by atoms with E-state index in [1.54, 1.807) is 0 Å².